The summed E-state index contributed by atoms with van der Waals surface area (Å²) in [4.78, 5) is 0. The first-order valence-corrected chi connectivity index (χ1v) is 6.47. The van der Waals surface area contributed by atoms with Gasteiger partial charge in [0, 0.05) is 18.4 Å². The second-order valence-electron chi connectivity index (χ2n) is 3.07. The van der Waals surface area contributed by atoms with E-state index in [0.717, 1.165) is 6.55 Å². The van der Waals surface area contributed by atoms with E-state index in [4.69, 9.17) is 10.5 Å². The molecule has 2 nitrogen and oxygen atoms in total. The van der Waals surface area contributed by atoms with E-state index >= 15 is 0 Å². The first-order chi connectivity index (χ1) is 6.02. The lowest BCUT2D eigenvalue weighted by atomic mass is 10.1. The average molecular weight is 202 g/mol. The Morgan fingerprint density at radius 2 is 1.92 bits per heavy atom. The summed E-state index contributed by atoms with van der Waals surface area (Å²) < 4.78 is 25.8. The molecule has 13 heavy (non-hydrogen) atoms. The molecule has 0 aromatic heterocycles. The van der Waals surface area contributed by atoms with Crippen LogP contribution >= 0.6 is 0 Å². The fourth-order valence-corrected chi connectivity index (χ4v) is 2.23. The van der Waals surface area contributed by atoms with E-state index in [2.05, 4.69) is 0 Å². The molecule has 0 saturated carbocycles. The molecule has 0 aromatic rings. The highest BCUT2D eigenvalue weighted by Gasteiger charge is 2.38. The summed E-state index contributed by atoms with van der Waals surface area (Å²) in [7, 11) is -4.19. The summed E-state index contributed by atoms with van der Waals surface area (Å²) in [5.74, 6) is 0. The minimum Gasteiger partial charge on any atom is -0.270 e. The Bertz CT molecular complexity index is 224. The number of unbranched alkanes of at least 4 members (excludes halogenated alkanes) is 1. The normalized spacial score (nSPS) is 13.0. The molecule has 0 saturated heterocycles. The maximum Gasteiger partial charge on any atom is 0.426 e. The lowest BCUT2D eigenvalue weighted by Gasteiger charge is -2.17. The van der Waals surface area contributed by atoms with Crippen molar-refractivity contribution in [3.05, 3.63) is 0 Å². The highest BCUT2D eigenvalue weighted by Crippen LogP contribution is 2.32. The van der Waals surface area contributed by atoms with Gasteiger partial charge in [-0.15, -0.1) is 0 Å². The fraction of sp³-hybridized carbons (Fsp3) is 0.750. The monoisotopic (exact) mass is 202 g/mol. The highest BCUT2D eigenvalue weighted by atomic mass is 28.4. The first kappa shape index (κ1) is 12.1. The van der Waals surface area contributed by atoms with Gasteiger partial charge in [-0.2, -0.15) is 10.5 Å². The summed E-state index contributed by atoms with van der Waals surface area (Å²) in [6.07, 6.45) is 0.990. The maximum absolute atomic E-state index is 12.9. The Balaban J connectivity index is 3.99. The molecular formula is C8H12F2N2Si. The van der Waals surface area contributed by atoms with E-state index in [-0.39, 0.29) is 6.42 Å². The van der Waals surface area contributed by atoms with E-state index in [1.807, 2.05) is 6.07 Å². The van der Waals surface area contributed by atoms with E-state index in [1.165, 1.54) is 0 Å². The van der Waals surface area contributed by atoms with Crippen molar-refractivity contribution in [2.24, 2.45) is 0 Å². The number of nitrogens with zero attached hydrogens (tertiary/aromatic N) is 2. The zero-order chi connectivity index (χ0) is 10.3. The molecule has 72 valence electrons. The zero-order valence-electron chi connectivity index (χ0n) is 7.56. The highest BCUT2D eigenvalue weighted by molar-refractivity contribution is 6.66. The van der Waals surface area contributed by atoms with Crippen LogP contribution < -0.4 is 0 Å². The van der Waals surface area contributed by atoms with E-state index in [0.29, 0.717) is 19.3 Å². The van der Waals surface area contributed by atoms with Crippen LogP contribution in [0.25, 0.3) is 0 Å². The standard InChI is InChI=1S/C8H12F2N2Si/c1-13(9,10)8(5-7-12)4-2-3-6-11/h8H,2-5H2,1H3. The molecule has 0 heterocycles. The van der Waals surface area contributed by atoms with Crippen LogP contribution in [0.4, 0.5) is 8.22 Å². The summed E-state index contributed by atoms with van der Waals surface area (Å²) in [5.41, 5.74) is -0.772. The number of rotatable bonds is 5. The topological polar surface area (TPSA) is 47.6 Å². The molecule has 0 rings (SSSR count). The van der Waals surface area contributed by atoms with Crippen molar-refractivity contribution < 1.29 is 8.22 Å². The summed E-state index contributed by atoms with van der Waals surface area (Å²) in [5, 5.41) is 16.6. The molecule has 0 aliphatic carbocycles. The third-order valence-corrected chi connectivity index (χ3v) is 3.82. The van der Waals surface area contributed by atoms with Crippen molar-refractivity contribution in [3.63, 3.8) is 0 Å². The van der Waals surface area contributed by atoms with Gasteiger partial charge in [-0.05, 0) is 19.4 Å². The molecule has 0 spiro atoms. The van der Waals surface area contributed by atoms with Crippen LogP contribution in [-0.4, -0.2) is 8.74 Å². The average Bonchev–Trinajstić information content (AvgIpc) is 2.01. The van der Waals surface area contributed by atoms with E-state index < -0.39 is 14.3 Å². The molecule has 0 N–H and O–H groups in total. The number of nitriles is 2. The van der Waals surface area contributed by atoms with Crippen LogP contribution in [0.15, 0.2) is 0 Å². The first-order valence-electron chi connectivity index (χ1n) is 4.14. The molecule has 0 aliphatic rings. The quantitative estimate of drug-likeness (QED) is 0.391. The second kappa shape index (κ2) is 5.66. The maximum atomic E-state index is 12.9. The smallest absolute Gasteiger partial charge is 0.270 e. The van der Waals surface area contributed by atoms with Gasteiger partial charge in [0.05, 0.1) is 12.1 Å². The Labute approximate surface area is 78.1 Å². The van der Waals surface area contributed by atoms with Crippen LogP contribution in [0.3, 0.4) is 0 Å². The molecule has 1 unspecified atom stereocenters. The Morgan fingerprint density at radius 3 is 2.31 bits per heavy atom. The summed E-state index contributed by atoms with van der Waals surface area (Å²) in [6, 6.07) is 3.68. The van der Waals surface area contributed by atoms with Crippen LogP contribution in [0.2, 0.25) is 12.1 Å². The summed E-state index contributed by atoms with van der Waals surface area (Å²) >= 11 is 0. The van der Waals surface area contributed by atoms with Crippen LogP contribution in [-0.2, 0) is 0 Å². The van der Waals surface area contributed by atoms with Gasteiger partial charge < -0.3 is 0 Å². The van der Waals surface area contributed by atoms with Gasteiger partial charge in [-0.1, -0.05) is 0 Å². The van der Waals surface area contributed by atoms with Gasteiger partial charge in [0.25, 0.3) is 0 Å². The molecule has 0 aliphatic heterocycles. The predicted molar refractivity (Wildman–Crippen MR) is 47.3 cm³/mol. The molecule has 0 aromatic carbocycles. The van der Waals surface area contributed by atoms with Crippen LogP contribution in [0.1, 0.15) is 25.7 Å². The van der Waals surface area contributed by atoms with Crippen molar-refractivity contribution in [2.75, 3.05) is 0 Å². The Kier molecular flexibility index (Phi) is 5.25. The van der Waals surface area contributed by atoms with Crippen molar-refractivity contribution >= 4 is 8.74 Å². The van der Waals surface area contributed by atoms with Crippen LogP contribution in [0, 0.1) is 22.7 Å². The van der Waals surface area contributed by atoms with Crippen molar-refractivity contribution in [3.8, 4) is 12.1 Å². The van der Waals surface area contributed by atoms with Gasteiger partial charge in [0.2, 0.25) is 0 Å². The molecule has 0 radical (unpaired) electrons. The number of hydrogen-bond acceptors (Lipinski definition) is 2. The molecule has 0 fully saturated rings. The minimum atomic E-state index is -4.19. The Morgan fingerprint density at radius 1 is 1.31 bits per heavy atom. The second-order valence-corrected chi connectivity index (χ2v) is 5.79. The third-order valence-electron chi connectivity index (χ3n) is 1.90. The van der Waals surface area contributed by atoms with Crippen molar-refractivity contribution in [1.29, 1.82) is 10.5 Å². The zero-order valence-corrected chi connectivity index (χ0v) is 8.56. The third kappa shape index (κ3) is 5.32. The fourth-order valence-electron chi connectivity index (χ4n) is 1.07. The van der Waals surface area contributed by atoms with Gasteiger partial charge in [0.1, 0.15) is 0 Å². The van der Waals surface area contributed by atoms with Crippen LogP contribution in [0.5, 0.6) is 0 Å². The van der Waals surface area contributed by atoms with Gasteiger partial charge in [-0.25, -0.2) is 0 Å². The van der Waals surface area contributed by atoms with E-state index in [9.17, 15) is 8.22 Å². The van der Waals surface area contributed by atoms with Crippen molar-refractivity contribution in [1.82, 2.24) is 0 Å². The van der Waals surface area contributed by atoms with Gasteiger partial charge in [0.15, 0.2) is 0 Å². The lowest BCUT2D eigenvalue weighted by molar-refractivity contribution is 0.529. The number of hydrogen-bond donors (Lipinski definition) is 0. The lowest BCUT2D eigenvalue weighted by Crippen LogP contribution is -2.25. The predicted octanol–water partition coefficient (Wildman–Crippen LogP) is 2.98. The number of halogens is 2. The molecule has 0 amide bonds. The minimum absolute atomic E-state index is 0.0822. The Hall–Kier alpha value is -0.943. The molecule has 1 atom stereocenters. The van der Waals surface area contributed by atoms with Gasteiger partial charge in [-0.3, -0.25) is 8.22 Å². The molecular weight excluding hydrogens is 190 g/mol. The summed E-state index contributed by atoms with van der Waals surface area (Å²) in [6.45, 7) is 0.960. The molecule has 5 heteroatoms. The SMILES string of the molecule is C[Si](F)(F)C(CC#N)CCCC#N. The van der Waals surface area contributed by atoms with E-state index in [1.54, 1.807) is 6.07 Å². The molecule has 0 bridgehead atoms. The largest absolute Gasteiger partial charge is 0.426 e. The van der Waals surface area contributed by atoms with Crippen molar-refractivity contribution in [2.45, 2.75) is 37.8 Å². The van der Waals surface area contributed by atoms with Gasteiger partial charge >= 0.3 is 8.74 Å².